The van der Waals surface area contributed by atoms with Gasteiger partial charge in [-0.1, -0.05) is 25.5 Å². The van der Waals surface area contributed by atoms with Gasteiger partial charge in [0.05, 0.1) is 0 Å². The number of hydrogen-bond acceptors (Lipinski definition) is 2. The van der Waals surface area contributed by atoms with Crippen molar-refractivity contribution >= 4 is 5.69 Å². The van der Waals surface area contributed by atoms with Crippen LogP contribution in [0.4, 0.5) is 5.69 Å². The minimum absolute atomic E-state index is 0.0827. The average molecular weight is 192 g/mol. The monoisotopic (exact) mass is 192 g/mol. The van der Waals surface area contributed by atoms with E-state index in [1.807, 2.05) is 6.92 Å². The first-order chi connectivity index (χ1) is 6.57. The van der Waals surface area contributed by atoms with Crippen molar-refractivity contribution in [1.82, 2.24) is 0 Å². The molecular formula is C12H20N2. The van der Waals surface area contributed by atoms with E-state index in [9.17, 15) is 0 Å². The van der Waals surface area contributed by atoms with Gasteiger partial charge in [-0.05, 0) is 37.0 Å². The molecule has 0 heterocycles. The van der Waals surface area contributed by atoms with Crippen LogP contribution in [-0.2, 0) is 0 Å². The Kier molecular flexibility index (Phi) is 3.53. The maximum Gasteiger partial charge on any atom is 0.0394 e. The van der Waals surface area contributed by atoms with Crippen LogP contribution in [0.15, 0.2) is 12.1 Å². The van der Waals surface area contributed by atoms with E-state index in [1.54, 1.807) is 0 Å². The zero-order chi connectivity index (χ0) is 10.7. The molecular weight excluding hydrogens is 172 g/mol. The van der Waals surface area contributed by atoms with Crippen molar-refractivity contribution < 1.29 is 0 Å². The summed E-state index contributed by atoms with van der Waals surface area (Å²) in [6.45, 7) is 6.25. The topological polar surface area (TPSA) is 52.0 Å². The molecule has 1 aromatic carbocycles. The second-order valence-electron chi connectivity index (χ2n) is 3.91. The Morgan fingerprint density at radius 1 is 1.29 bits per heavy atom. The molecule has 0 aliphatic rings. The van der Waals surface area contributed by atoms with Crippen LogP contribution in [0.5, 0.6) is 0 Å². The Bertz CT molecular complexity index is 318. The first-order valence-corrected chi connectivity index (χ1v) is 5.19. The fourth-order valence-electron chi connectivity index (χ4n) is 1.65. The van der Waals surface area contributed by atoms with Crippen LogP contribution in [0.3, 0.4) is 0 Å². The molecule has 1 aromatic rings. The van der Waals surface area contributed by atoms with E-state index in [4.69, 9.17) is 11.5 Å². The molecule has 78 valence electrons. The maximum atomic E-state index is 6.05. The lowest BCUT2D eigenvalue weighted by atomic mass is 9.96. The Morgan fingerprint density at radius 3 is 2.50 bits per heavy atom. The lowest BCUT2D eigenvalue weighted by Gasteiger charge is -2.16. The summed E-state index contributed by atoms with van der Waals surface area (Å²) < 4.78 is 0. The quantitative estimate of drug-likeness (QED) is 0.723. The smallest absolute Gasteiger partial charge is 0.0394 e. The number of nitrogen functional groups attached to an aromatic ring is 1. The van der Waals surface area contributed by atoms with Gasteiger partial charge >= 0.3 is 0 Å². The molecule has 0 aliphatic carbocycles. The molecule has 4 N–H and O–H groups in total. The van der Waals surface area contributed by atoms with Gasteiger partial charge in [-0.15, -0.1) is 0 Å². The summed E-state index contributed by atoms with van der Waals surface area (Å²) in [4.78, 5) is 0. The lowest BCUT2D eigenvalue weighted by Crippen LogP contribution is -2.13. The van der Waals surface area contributed by atoms with Crippen molar-refractivity contribution in [3.8, 4) is 0 Å². The van der Waals surface area contributed by atoms with Crippen LogP contribution < -0.4 is 11.5 Å². The van der Waals surface area contributed by atoms with Gasteiger partial charge in [-0.25, -0.2) is 0 Å². The molecule has 0 saturated carbocycles. The van der Waals surface area contributed by atoms with Crippen LogP contribution in [-0.4, -0.2) is 0 Å². The molecule has 1 atom stereocenters. The molecule has 0 aliphatic heterocycles. The van der Waals surface area contributed by atoms with Crippen LogP contribution in [0.25, 0.3) is 0 Å². The van der Waals surface area contributed by atoms with Gasteiger partial charge in [0, 0.05) is 11.7 Å². The van der Waals surface area contributed by atoms with Crippen molar-refractivity contribution in [2.45, 2.75) is 39.7 Å². The highest BCUT2D eigenvalue weighted by Crippen LogP contribution is 2.26. The summed E-state index contributed by atoms with van der Waals surface area (Å²) in [7, 11) is 0. The van der Waals surface area contributed by atoms with E-state index >= 15 is 0 Å². The molecule has 0 amide bonds. The Morgan fingerprint density at radius 2 is 1.93 bits per heavy atom. The van der Waals surface area contributed by atoms with E-state index in [0.717, 1.165) is 29.7 Å². The van der Waals surface area contributed by atoms with Gasteiger partial charge in [0.15, 0.2) is 0 Å². The van der Waals surface area contributed by atoms with Crippen LogP contribution in [0.2, 0.25) is 0 Å². The SMILES string of the molecule is CCC[C@H](N)c1ccc(C)c(C)c1N. The standard InChI is InChI=1S/C12H20N2/c1-4-5-11(13)10-7-6-8(2)9(3)12(10)14/h6-7,11H,4-5,13-14H2,1-3H3/t11-/m0/s1. The highest BCUT2D eigenvalue weighted by molar-refractivity contribution is 5.57. The third-order valence-corrected chi connectivity index (χ3v) is 2.82. The normalized spacial score (nSPS) is 12.9. The van der Waals surface area contributed by atoms with Crippen LogP contribution >= 0.6 is 0 Å². The maximum absolute atomic E-state index is 6.05. The lowest BCUT2D eigenvalue weighted by molar-refractivity contribution is 0.639. The molecule has 14 heavy (non-hydrogen) atoms. The highest BCUT2D eigenvalue weighted by atomic mass is 14.7. The summed E-state index contributed by atoms with van der Waals surface area (Å²) in [5, 5.41) is 0. The van der Waals surface area contributed by atoms with E-state index in [-0.39, 0.29) is 6.04 Å². The van der Waals surface area contributed by atoms with Crippen LogP contribution in [0.1, 0.15) is 42.5 Å². The molecule has 0 aromatic heterocycles. The van der Waals surface area contributed by atoms with Crippen molar-refractivity contribution in [1.29, 1.82) is 0 Å². The molecule has 2 nitrogen and oxygen atoms in total. The number of anilines is 1. The van der Waals surface area contributed by atoms with E-state index in [1.165, 1.54) is 5.56 Å². The first kappa shape index (κ1) is 11.1. The van der Waals surface area contributed by atoms with Crippen molar-refractivity contribution in [2.75, 3.05) is 5.73 Å². The minimum atomic E-state index is 0.0827. The number of hydrogen-bond donors (Lipinski definition) is 2. The second kappa shape index (κ2) is 4.47. The summed E-state index contributed by atoms with van der Waals surface area (Å²) >= 11 is 0. The van der Waals surface area contributed by atoms with E-state index < -0.39 is 0 Å². The number of rotatable bonds is 3. The molecule has 0 bridgehead atoms. The van der Waals surface area contributed by atoms with Crippen molar-refractivity contribution in [3.63, 3.8) is 0 Å². The predicted molar refractivity (Wildman–Crippen MR) is 62.2 cm³/mol. The summed E-state index contributed by atoms with van der Waals surface area (Å²) in [5.74, 6) is 0. The molecule has 0 saturated heterocycles. The van der Waals surface area contributed by atoms with Gasteiger partial charge in [0.25, 0.3) is 0 Å². The molecule has 0 unspecified atom stereocenters. The number of aryl methyl sites for hydroxylation is 1. The molecule has 2 heteroatoms. The fourth-order valence-corrected chi connectivity index (χ4v) is 1.65. The third-order valence-electron chi connectivity index (χ3n) is 2.82. The molecule has 0 spiro atoms. The molecule has 1 rings (SSSR count). The largest absolute Gasteiger partial charge is 0.398 e. The van der Waals surface area contributed by atoms with Gasteiger partial charge < -0.3 is 11.5 Å². The van der Waals surface area contributed by atoms with Gasteiger partial charge in [0.2, 0.25) is 0 Å². The zero-order valence-corrected chi connectivity index (χ0v) is 9.30. The third kappa shape index (κ3) is 2.07. The van der Waals surface area contributed by atoms with Crippen LogP contribution in [0, 0.1) is 13.8 Å². The van der Waals surface area contributed by atoms with Gasteiger partial charge in [-0.3, -0.25) is 0 Å². The second-order valence-corrected chi connectivity index (χ2v) is 3.91. The predicted octanol–water partition coefficient (Wildman–Crippen LogP) is 2.69. The van der Waals surface area contributed by atoms with Gasteiger partial charge in [-0.2, -0.15) is 0 Å². The van der Waals surface area contributed by atoms with E-state index in [2.05, 4.69) is 26.0 Å². The van der Waals surface area contributed by atoms with Gasteiger partial charge in [0.1, 0.15) is 0 Å². The highest BCUT2D eigenvalue weighted by Gasteiger charge is 2.10. The Balaban J connectivity index is 3.04. The Labute approximate surface area is 86.3 Å². The summed E-state index contributed by atoms with van der Waals surface area (Å²) in [5.41, 5.74) is 16.4. The summed E-state index contributed by atoms with van der Waals surface area (Å²) in [6.07, 6.45) is 2.08. The number of nitrogens with two attached hydrogens (primary N) is 2. The number of benzene rings is 1. The van der Waals surface area contributed by atoms with E-state index in [0.29, 0.717) is 0 Å². The molecule has 0 radical (unpaired) electrons. The summed E-state index contributed by atoms with van der Waals surface area (Å²) in [6, 6.07) is 4.23. The minimum Gasteiger partial charge on any atom is -0.398 e. The zero-order valence-electron chi connectivity index (χ0n) is 9.30. The van der Waals surface area contributed by atoms with Crippen molar-refractivity contribution in [3.05, 3.63) is 28.8 Å². The van der Waals surface area contributed by atoms with Crippen molar-refractivity contribution in [2.24, 2.45) is 5.73 Å². The Hall–Kier alpha value is -1.02. The fraction of sp³-hybridized carbons (Fsp3) is 0.500. The molecule has 0 fully saturated rings. The average Bonchev–Trinajstić information content (AvgIpc) is 2.15. The first-order valence-electron chi connectivity index (χ1n) is 5.19.